The Bertz CT molecular complexity index is 449. The van der Waals surface area contributed by atoms with Crippen LogP contribution in [0.25, 0.3) is 0 Å². The summed E-state index contributed by atoms with van der Waals surface area (Å²) in [4.78, 5) is 27.8. The van der Waals surface area contributed by atoms with Gasteiger partial charge in [0, 0.05) is 25.9 Å². The molecule has 0 radical (unpaired) electrons. The summed E-state index contributed by atoms with van der Waals surface area (Å²) in [7, 11) is 0. The van der Waals surface area contributed by atoms with Gasteiger partial charge in [-0.05, 0) is 0 Å². The molecule has 1 aliphatic rings. The van der Waals surface area contributed by atoms with Crippen LogP contribution in [-0.2, 0) is 11.2 Å². The molecule has 0 aliphatic carbocycles. The van der Waals surface area contributed by atoms with Gasteiger partial charge in [-0.2, -0.15) is 5.10 Å². The van der Waals surface area contributed by atoms with Gasteiger partial charge in [-0.1, -0.05) is 0 Å². The average Bonchev–Trinajstić information content (AvgIpc) is 2.98. The first-order valence-corrected chi connectivity index (χ1v) is 5.87. The molecule has 9 nitrogen and oxygen atoms in total. The van der Waals surface area contributed by atoms with Crippen molar-refractivity contribution in [2.45, 2.75) is 25.0 Å². The molecule has 0 saturated carbocycles. The average molecular weight is 269 g/mol. The minimum atomic E-state index is -1.11. The van der Waals surface area contributed by atoms with E-state index in [9.17, 15) is 14.7 Å². The number of carboxylic acids is 1. The summed E-state index contributed by atoms with van der Waals surface area (Å²) in [5, 5.41) is 27.3. The summed E-state index contributed by atoms with van der Waals surface area (Å²) in [5.74, 6) is -0.474. The third-order valence-corrected chi connectivity index (χ3v) is 2.93. The van der Waals surface area contributed by atoms with Crippen molar-refractivity contribution < 1.29 is 19.8 Å². The lowest BCUT2D eigenvalue weighted by Gasteiger charge is -2.21. The summed E-state index contributed by atoms with van der Waals surface area (Å²) < 4.78 is 0. The third kappa shape index (κ3) is 3.19. The van der Waals surface area contributed by atoms with Gasteiger partial charge >= 0.3 is 12.0 Å². The number of rotatable bonds is 4. The Morgan fingerprint density at radius 1 is 1.58 bits per heavy atom. The number of aliphatic carboxylic acids is 1. The number of nitrogens with one attached hydrogen (secondary N) is 2. The number of hydrogen-bond acceptors (Lipinski definition) is 5. The highest BCUT2D eigenvalue weighted by Gasteiger charge is 2.38. The Morgan fingerprint density at radius 2 is 2.37 bits per heavy atom. The first-order valence-electron chi connectivity index (χ1n) is 5.87. The van der Waals surface area contributed by atoms with Crippen molar-refractivity contribution in [1.29, 1.82) is 0 Å². The molecule has 0 unspecified atom stereocenters. The molecule has 0 spiro atoms. The summed E-state index contributed by atoms with van der Waals surface area (Å²) in [6.45, 7) is 0.345. The molecule has 4 N–H and O–H groups in total. The van der Waals surface area contributed by atoms with E-state index >= 15 is 0 Å². The van der Waals surface area contributed by atoms with Crippen LogP contribution in [0, 0.1) is 0 Å². The van der Waals surface area contributed by atoms with Gasteiger partial charge in [-0.3, -0.25) is 5.10 Å². The Labute approximate surface area is 108 Å². The summed E-state index contributed by atoms with van der Waals surface area (Å²) in [5.41, 5.74) is 0. The first-order chi connectivity index (χ1) is 9.08. The van der Waals surface area contributed by atoms with Crippen LogP contribution in [0.2, 0.25) is 0 Å². The molecule has 104 valence electrons. The van der Waals surface area contributed by atoms with Crippen molar-refractivity contribution in [3.63, 3.8) is 0 Å². The van der Waals surface area contributed by atoms with E-state index in [0.29, 0.717) is 18.8 Å². The fourth-order valence-electron chi connectivity index (χ4n) is 2.01. The molecule has 2 rings (SSSR count). The second-order valence-electron chi connectivity index (χ2n) is 4.31. The molecule has 0 aromatic carbocycles. The van der Waals surface area contributed by atoms with Crippen LogP contribution in [-0.4, -0.2) is 67.5 Å². The Hall–Kier alpha value is -2.16. The number of aliphatic hydroxyl groups excluding tert-OH is 1. The fourth-order valence-corrected chi connectivity index (χ4v) is 2.01. The molecule has 2 amide bonds. The summed E-state index contributed by atoms with van der Waals surface area (Å²) in [6, 6.07) is -1.47. The lowest BCUT2D eigenvalue weighted by atomic mass is 10.2. The predicted octanol–water partition coefficient (Wildman–Crippen LogP) is -1.42. The van der Waals surface area contributed by atoms with Gasteiger partial charge in [0.05, 0.1) is 6.10 Å². The minimum absolute atomic E-state index is 0.0328. The molecule has 19 heavy (non-hydrogen) atoms. The van der Waals surface area contributed by atoms with Gasteiger partial charge in [0.15, 0.2) is 0 Å². The zero-order valence-corrected chi connectivity index (χ0v) is 10.1. The highest BCUT2D eigenvalue weighted by atomic mass is 16.4. The number of aromatic amines is 1. The van der Waals surface area contributed by atoms with Gasteiger partial charge in [0.1, 0.15) is 18.2 Å². The van der Waals surface area contributed by atoms with Crippen molar-refractivity contribution in [3.8, 4) is 0 Å². The molecule has 1 aromatic rings. The number of H-pyrrole nitrogens is 1. The molecule has 1 aromatic heterocycles. The van der Waals surface area contributed by atoms with Gasteiger partial charge < -0.3 is 20.4 Å². The number of likely N-dealkylation sites (tertiary alicyclic amines) is 1. The van der Waals surface area contributed by atoms with Crippen molar-refractivity contribution in [2.75, 3.05) is 13.1 Å². The van der Waals surface area contributed by atoms with E-state index in [4.69, 9.17) is 5.11 Å². The molecule has 2 heterocycles. The molecule has 2 atom stereocenters. The standard InChI is InChI=1S/C10H15N5O4/c16-6-3-7(9(17)18)15(4-6)10(19)11-2-1-8-12-5-13-14-8/h5-7,16H,1-4H2,(H,11,19)(H,17,18)(H,12,13,14)/t6-,7-/m0/s1. The quantitative estimate of drug-likeness (QED) is 0.530. The van der Waals surface area contributed by atoms with Crippen molar-refractivity contribution >= 4 is 12.0 Å². The second kappa shape index (κ2) is 5.65. The summed E-state index contributed by atoms with van der Waals surface area (Å²) >= 11 is 0. The molecule has 0 bridgehead atoms. The highest BCUT2D eigenvalue weighted by molar-refractivity contribution is 5.83. The van der Waals surface area contributed by atoms with E-state index in [1.807, 2.05) is 0 Å². The van der Waals surface area contributed by atoms with Gasteiger partial charge in [-0.25, -0.2) is 14.6 Å². The predicted molar refractivity (Wildman–Crippen MR) is 62.2 cm³/mol. The van der Waals surface area contributed by atoms with E-state index in [2.05, 4.69) is 20.5 Å². The van der Waals surface area contributed by atoms with Crippen LogP contribution in [0.5, 0.6) is 0 Å². The SMILES string of the molecule is O=C(O)[C@@H]1C[C@H](O)CN1C(=O)NCCc1ncn[nH]1. The maximum Gasteiger partial charge on any atom is 0.326 e. The van der Waals surface area contributed by atoms with Crippen LogP contribution in [0.15, 0.2) is 6.33 Å². The molecule has 1 saturated heterocycles. The maximum absolute atomic E-state index is 11.8. The van der Waals surface area contributed by atoms with E-state index in [1.54, 1.807) is 0 Å². The van der Waals surface area contributed by atoms with Gasteiger partial charge in [-0.15, -0.1) is 0 Å². The van der Waals surface area contributed by atoms with Crippen molar-refractivity contribution in [2.24, 2.45) is 0 Å². The topological polar surface area (TPSA) is 131 Å². The van der Waals surface area contributed by atoms with Crippen LogP contribution >= 0.6 is 0 Å². The van der Waals surface area contributed by atoms with Crippen molar-refractivity contribution in [1.82, 2.24) is 25.4 Å². The number of carbonyl (C=O) groups is 2. The van der Waals surface area contributed by atoms with Crippen LogP contribution < -0.4 is 5.32 Å². The molecular weight excluding hydrogens is 254 g/mol. The minimum Gasteiger partial charge on any atom is -0.480 e. The smallest absolute Gasteiger partial charge is 0.326 e. The lowest BCUT2D eigenvalue weighted by Crippen LogP contribution is -2.46. The second-order valence-corrected chi connectivity index (χ2v) is 4.31. The first kappa shape index (κ1) is 13.3. The Kier molecular flexibility index (Phi) is 3.95. The van der Waals surface area contributed by atoms with E-state index in [1.165, 1.54) is 6.33 Å². The number of carbonyl (C=O) groups excluding carboxylic acids is 1. The lowest BCUT2D eigenvalue weighted by molar-refractivity contribution is -0.141. The monoisotopic (exact) mass is 269 g/mol. The number of β-amino-alcohol motifs (C(OH)–C–C–N with tert-alkyl or cyclic N) is 1. The number of aliphatic hydroxyl groups is 1. The molecule has 9 heteroatoms. The number of carboxylic acid groups (broad SMARTS) is 1. The van der Waals surface area contributed by atoms with Crippen molar-refractivity contribution in [3.05, 3.63) is 12.2 Å². The van der Waals surface area contributed by atoms with Crippen LogP contribution in [0.3, 0.4) is 0 Å². The zero-order chi connectivity index (χ0) is 13.8. The third-order valence-electron chi connectivity index (χ3n) is 2.93. The Morgan fingerprint density at radius 3 is 3.00 bits per heavy atom. The van der Waals surface area contributed by atoms with Crippen LogP contribution in [0.4, 0.5) is 4.79 Å². The Balaban J connectivity index is 1.83. The molecular formula is C10H15N5O4. The summed E-state index contributed by atoms with van der Waals surface area (Å²) in [6.07, 6.45) is 1.11. The van der Waals surface area contributed by atoms with E-state index in [-0.39, 0.29) is 13.0 Å². The highest BCUT2D eigenvalue weighted by Crippen LogP contribution is 2.17. The number of aromatic nitrogens is 3. The number of amides is 2. The van der Waals surface area contributed by atoms with Gasteiger partial charge in [0.25, 0.3) is 0 Å². The van der Waals surface area contributed by atoms with E-state index < -0.39 is 24.1 Å². The number of hydrogen-bond donors (Lipinski definition) is 4. The number of urea groups is 1. The van der Waals surface area contributed by atoms with E-state index in [0.717, 1.165) is 4.90 Å². The maximum atomic E-state index is 11.8. The van der Waals surface area contributed by atoms with Crippen LogP contribution in [0.1, 0.15) is 12.2 Å². The fraction of sp³-hybridized carbons (Fsp3) is 0.600. The largest absolute Gasteiger partial charge is 0.480 e. The normalized spacial score (nSPS) is 22.5. The van der Waals surface area contributed by atoms with Gasteiger partial charge in [0.2, 0.25) is 0 Å². The molecule has 1 aliphatic heterocycles. The number of nitrogens with zero attached hydrogens (tertiary/aromatic N) is 3. The zero-order valence-electron chi connectivity index (χ0n) is 10.1. The molecule has 1 fully saturated rings.